The van der Waals surface area contributed by atoms with E-state index in [0.717, 1.165) is 54.3 Å². The maximum absolute atomic E-state index is 13.1. The summed E-state index contributed by atoms with van der Waals surface area (Å²) in [7, 11) is 0. The molecule has 6 heteroatoms. The van der Waals surface area contributed by atoms with Crippen LogP contribution in [0.2, 0.25) is 5.02 Å². The topological polar surface area (TPSA) is 41.9 Å². The second kappa shape index (κ2) is 12.0. The molecule has 1 amide bonds. The van der Waals surface area contributed by atoms with Crippen LogP contribution in [0.1, 0.15) is 50.7 Å². The third kappa shape index (κ3) is 6.62. The van der Waals surface area contributed by atoms with Crippen molar-refractivity contribution in [3.63, 3.8) is 0 Å². The van der Waals surface area contributed by atoms with E-state index in [4.69, 9.17) is 21.3 Å². The highest BCUT2D eigenvalue weighted by Gasteiger charge is 2.32. The number of para-hydroxylation sites is 1. The van der Waals surface area contributed by atoms with Crippen LogP contribution in [0.4, 0.5) is 0 Å². The Kier molecular flexibility index (Phi) is 9.04. The Morgan fingerprint density at radius 2 is 1.81 bits per heavy atom. The quantitative estimate of drug-likeness (QED) is 0.292. The van der Waals surface area contributed by atoms with Gasteiger partial charge >= 0.3 is 0 Å². The fraction of sp³-hybridized carbons (Fsp3) is 0.360. The first kappa shape index (κ1) is 23.4. The van der Waals surface area contributed by atoms with E-state index in [1.54, 1.807) is 0 Å². The summed E-state index contributed by atoms with van der Waals surface area (Å²) < 4.78 is 6.05. The average molecular weight is 457 g/mol. The predicted octanol–water partition coefficient (Wildman–Crippen LogP) is 6.79. The molecule has 1 aliphatic rings. The number of halogens is 1. The van der Waals surface area contributed by atoms with Gasteiger partial charge in [-0.1, -0.05) is 68.6 Å². The van der Waals surface area contributed by atoms with E-state index >= 15 is 0 Å². The van der Waals surface area contributed by atoms with Gasteiger partial charge in [-0.25, -0.2) is 0 Å². The lowest BCUT2D eigenvalue weighted by Crippen LogP contribution is -2.30. The molecule has 0 bridgehead atoms. The van der Waals surface area contributed by atoms with Gasteiger partial charge in [0.05, 0.1) is 4.91 Å². The smallest absolute Gasteiger partial charge is 0.266 e. The standard InChI is InChI=1S/C25H29ClN2O2S/c1-3-5-15-27-25-28(16-6-4-2)24(29)23(31-25)17-20-9-7-8-10-22(20)30-18-19-11-13-21(26)14-12-19/h7-14,17H,3-6,15-16,18H2,1-2H3/b23-17-,27-25?. The fourth-order valence-corrected chi connectivity index (χ4v) is 4.23. The van der Waals surface area contributed by atoms with Gasteiger partial charge in [-0.15, -0.1) is 0 Å². The summed E-state index contributed by atoms with van der Waals surface area (Å²) in [5.41, 5.74) is 1.92. The van der Waals surface area contributed by atoms with Crippen molar-refractivity contribution in [3.8, 4) is 5.75 Å². The number of aliphatic imine (C=N–C) groups is 1. The summed E-state index contributed by atoms with van der Waals surface area (Å²) in [6.07, 6.45) is 6.04. The highest BCUT2D eigenvalue weighted by molar-refractivity contribution is 8.18. The van der Waals surface area contributed by atoms with E-state index in [-0.39, 0.29) is 5.91 Å². The lowest BCUT2D eigenvalue weighted by Gasteiger charge is -2.14. The molecule has 0 N–H and O–H groups in total. The number of benzene rings is 2. The Hall–Kier alpha value is -2.24. The zero-order chi connectivity index (χ0) is 22.1. The van der Waals surface area contributed by atoms with Gasteiger partial charge in [-0.3, -0.25) is 14.7 Å². The number of unbranched alkanes of at least 4 members (excludes halogenated alkanes) is 2. The summed E-state index contributed by atoms with van der Waals surface area (Å²) in [4.78, 5) is 20.3. The molecule has 1 aliphatic heterocycles. The van der Waals surface area contributed by atoms with Crippen LogP contribution < -0.4 is 4.74 Å². The van der Waals surface area contributed by atoms with E-state index in [9.17, 15) is 4.79 Å². The van der Waals surface area contributed by atoms with Gasteiger partial charge in [0.2, 0.25) is 0 Å². The average Bonchev–Trinajstić information content (AvgIpc) is 3.07. The van der Waals surface area contributed by atoms with Crippen LogP contribution in [0, 0.1) is 0 Å². The van der Waals surface area contributed by atoms with Gasteiger partial charge < -0.3 is 4.74 Å². The van der Waals surface area contributed by atoms with E-state index in [1.165, 1.54) is 11.8 Å². The van der Waals surface area contributed by atoms with Crippen LogP contribution >= 0.6 is 23.4 Å². The van der Waals surface area contributed by atoms with Crippen LogP contribution in [-0.4, -0.2) is 29.1 Å². The molecular weight excluding hydrogens is 428 g/mol. The van der Waals surface area contributed by atoms with E-state index in [2.05, 4.69) is 13.8 Å². The molecule has 0 atom stereocenters. The summed E-state index contributed by atoms with van der Waals surface area (Å²) in [6.45, 7) is 6.17. The van der Waals surface area contributed by atoms with Crippen molar-refractivity contribution in [2.45, 2.75) is 46.1 Å². The number of hydrogen-bond acceptors (Lipinski definition) is 4. The van der Waals surface area contributed by atoms with E-state index in [1.807, 2.05) is 59.5 Å². The van der Waals surface area contributed by atoms with Gasteiger partial charge in [0.25, 0.3) is 5.91 Å². The molecule has 31 heavy (non-hydrogen) atoms. The molecule has 0 aromatic heterocycles. The number of ether oxygens (including phenoxy) is 1. The zero-order valence-electron chi connectivity index (χ0n) is 18.1. The van der Waals surface area contributed by atoms with Crippen LogP contribution in [-0.2, 0) is 11.4 Å². The third-order valence-corrected chi connectivity index (χ3v) is 6.19. The summed E-state index contributed by atoms with van der Waals surface area (Å²) >= 11 is 7.43. The highest BCUT2D eigenvalue weighted by Crippen LogP contribution is 2.34. The minimum atomic E-state index is 0.0289. The summed E-state index contributed by atoms with van der Waals surface area (Å²) in [6, 6.07) is 15.4. The lowest BCUT2D eigenvalue weighted by molar-refractivity contribution is -0.122. The van der Waals surface area contributed by atoms with Crippen LogP contribution in [0.3, 0.4) is 0 Å². The number of amidine groups is 1. The maximum Gasteiger partial charge on any atom is 0.266 e. The Morgan fingerprint density at radius 3 is 2.55 bits per heavy atom. The molecule has 1 fully saturated rings. The number of carbonyl (C=O) groups excluding carboxylic acids is 1. The second-order valence-electron chi connectivity index (χ2n) is 7.39. The molecule has 0 spiro atoms. The van der Waals surface area contributed by atoms with Crippen LogP contribution in [0.25, 0.3) is 6.08 Å². The first-order valence-electron chi connectivity index (χ1n) is 10.8. The first-order chi connectivity index (χ1) is 15.1. The number of thioether (sulfide) groups is 1. The number of hydrogen-bond donors (Lipinski definition) is 0. The van der Waals surface area contributed by atoms with Gasteiger partial charge in [-0.05, 0) is 54.4 Å². The van der Waals surface area contributed by atoms with Crippen molar-refractivity contribution < 1.29 is 9.53 Å². The lowest BCUT2D eigenvalue weighted by atomic mass is 10.1. The van der Waals surface area contributed by atoms with Gasteiger partial charge in [-0.2, -0.15) is 0 Å². The summed E-state index contributed by atoms with van der Waals surface area (Å²) in [5.74, 6) is 0.774. The molecule has 2 aromatic carbocycles. The normalized spacial score (nSPS) is 16.5. The minimum absolute atomic E-state index is 0.0289. The molecule has 0 radical (unpaired) electrons. The maximum atomic E-state index is 13.1. The molecular formula is C25H29ClN2O2S. The minimum Gasteiger partial charge on any atom is -0.488 e. The Morgan fingerprint density at radius 1 is 1.06 bits per heavy atom. The molecule has 1 saturated heterocycles. The third-order valence-electron chi connectivity index (χ3n) is 4.90. The summed E-state index contributed by atoms with van der Waals surface area (Å²) in [5, 5.41) is 1.52. The van der Waals surface area contributed by atoms with Crippen molar-refractivity contribution in [3.05, 3.63) is 69.6 Å². The monoisotopic (exact) mass is 456 g/mol. The van der Waals surface area contributed by atoms with Crippen molar-refractivity contribution in [2.24, 2.45) is 4.99 Å². The zero-order valence-corrected chi connectivity index (χ0v) is 19.7. The Labute approximate surface area is 194 Å². The molecule has 0 unspecified atom stereocenters. The second-order valence-corrected chi connectivity index (χ2v) is 8.84. The van der Waals surface area contributed by atoms with Crippen LogP contribution in [0.15, 0.2) is 58.4 Å². The number of carbonyl (C=O) groups is 1. The van der Waals surface area contributed by atoms with Gasteiger partial charge in [0, 0.05) is 23.7 Å². The molecule has 1 heterocycles. The highest BCUT2D eigenvalue weighted by atomic mass is 35.5. The van der Waals surface area contributed by atoms with E-state index < -0.39 is 0 Å². The largest absolute Gasteiger partial charge is 0.488 e. The number of rotatable bonds is 10. The Balaban J connectivity index is 1.79. The number of nitrogens with zero attached hydrogens (tertiary/aromatic N) is 2. The molecule has 164 valence electrons. The van der Waals surface area contributed by atoms with Gasteiger partial charge in [0.15, 0.2) is 5.17 Å². The SMILES string of the molecule is CCCCN=C1S/C(=C\c2ccccc2OCc2ccc(Cl)cc2)C(=O)N1CCCC. The number of amides is 1. The molecule has 3 rings (SSSR count). The Bertz CT molecular complexity index is 941. The molecule has 0 aliphatic carbocycles. The van der Waals surface area contributed by atoms with Crippen molar-refractivity contribution in [1.82, 2.24) is 4.90 Å². The first-order valence-corrected chi connectivity index (χ1v) is 12.0. The van der Waals surface area contributed by atoms with Gasteiger partial charge in [0.1, 0.15) is 12.4 Å². The van der Waals surface area contributed by atoms with Crippen LogP contribution in [0.5, 0.6) is 5.75 Å². The molecule has 4 nitrogen and oxygen atoms in total. The van der Waals surface area contributed by atoms with E-state index in [0.29, 0.717) is 23.1 Å². The molecule has 0 saturated carbocycles. The van der Waals surface area contributed by atoms with Crippen molar-refractivity contribution in [1.29, 1.82) is 0 Å². The van der Waals surface area contributed by atoms with Crippen molar-refractivity contribution >= 4 is 40.5 Å². The van der Waals surface area contributed by atoms with Crippen molar-refractivity contribution in [2.75, 3.05) is 13.1 Å². The predicted molar refractivity (Wildman–Crippen MR) is 132 cm³/mol. The fourth-order valence-electron chi connectivity index (χ4n) is 3.09. The molecule has 2 aromatic rings.